The van der Waals surface area contributed by atoms with Crippen LogP contribution in [0.1, 0.15) is 51.0 Å². The molecule has 0 aromatic heterocycles. The molecule has 1 heterocycles. The van der Waals surface area contributed by atoms with Crippen LogP contribution >= 0.6 is 15.9 Å². The summed E-state index contributed by atoms with van der Waals surface area (Å²) < 4.78 is 31.0. The number of carbonyl (C=O) groups excluding carboxylic acids is 1. The van der Waals surface area contributed by atoms with E-state index in [0.29, 0.717) is 34.9 Å². The van der Waals surface area contributed by atoms with Crippen molar-refractivity contribution in [1.29, 1.82) is 0 Å². The van der Waals surface area contributed by atoms with Crippen LogP contribution in [-0.2, 0) is 19.0 Å². The highest BCUT2D eigenvalue weighted by atomic mass is 79.9. The van der Waals surface area contributed by atoms with E-state index in [-0.39, 0.29) is 6.04 Å². The number of carbonyl (C=O) groups is 1. The van der Waals surface area contributed by atoms with E-state index < -0.39 is 23.5 Å². The van der Waals surface area contributed by atoms with Crippen LogP contribution in [0, 0.1) is 11.7 Å². The van der Waals surface area contributed by atoms with Crippen LogP contribution in [-0.4, -0.2) is 43.8 Å². The monoisotopic (exact) mass is 455 g/mol. The quantitative estimate of drug-likeness (QED) is 0.479. The fourth-order valence-corrected chi connectivity index (χ4v) is 4.70. The number of nitrogens with zero attached hydrogens (tertiary/aromatic N) is 1. The summed E-state index contributed by atoms with van der Waals surface area (Å²) >= 11 is 3.42. The third-order valence-electron chi connectivity index (χ3n) is 5.82. The predicted octanol–water partition coefficient (Wildman–Crippen LogP) is 4.63. The number of rotatable bonds is 5. The van der Waals surface area contributed by atoms with Gasteiger partial charge in [0, 0.05) is 29.1 Å². The van der Waals surface area contributed by atoms with Crippen LogP contribution in [0.5, 0.6) is 0 Å². The van der Waals surface area contributed by atoms with Gasteiger partial charge in [0.15, 0.2) is 5.79 Å². The maximum Gasteiger partial charge on any atom is 0.318 e. The van der Waals surface area contributed by atoms with Gasteiger partial charge in [-0.2, -0.15) is 0 Å². The molecule has 28 heavy (non-hydrogen) atoms. The van der Waals surface area contributed by atoms with Crippen LogP contribution < -0.4 is 0 Å². The van der Waals surface area contributed by atoms with E-state index >= 15 is 0 Å². The second kappa shape index (κ2) is 9.01. The Balaban J connectivity index is 1.76. The molecule has 1 saturated heterocycles. The van der Waals surface area contributed by atoms with E-state index in [0.717, 1.165) is 25.7 Å². The molecule has 1 saturated carbocycles. The molecule has 1 aliphatic carbocycles. The molecule has 154 valence electrons. The molecule has 2 atom stereocenters. The van der Waals surface area contributed by atoms with Gasteiger partial charge in [0.25, 0.3) is 0 Å². The average Bonchev–Trinajstić information content (AvgIpc) is 3.13. The molecule has 0 radical (unpaired) electrons. The van der Waals surface area contributed by atoms with Crippen LogP contribution in [0.25, 0.3) is 0 Å². The highest BCUT2D eigenvalue weighted by molar-refractivity contribution is 9.10. The number of esters is 1. The number of hydrogen-bond acceptors (Lipinski definition) is 5. The Kier molecular flexibility index (Phi) is 6.89. The van der Waals surface area contributed by atoms with E-state index in [1.54, 1.807) is 6.07 Å². The lowest BCUT2D eigenvalue weighted by Crippen LogP contribution is -2.37. The maximum atomic E-state index is 13.8. The first-order chi connectivity index (χ1) is 13.3. The molecule has 3 rings (SSSR count). The van der Waals surface area contributed by atoms with Crippen molar-refractivity contribution in [3.63, 3.8) is 0 Å². The molecule has 1 aromatic rings. The first-order valence-corrected chi connectivity index (χ1v) is 10.5. The number of hydrogen-bond donors (Lipinski definition) is 0. The Bertz CT molecular complexity index is 738. The fraction of sp³-hybridized carbons (Fsp3) is 0.619. The third-order valence-corrected chi connectivity index (χ3v) is 6.54. The van der Waals surface area contributed by atoms with Gasteiger partial charge in [0.2, 0.25) is 0 Å². The zero-order valence-electron chi connectivity index (χ0n) is 16.5. The Morgan fingerprint density at radius 3 is 2.57 bits per heavy atom. The lowest BCUT2D eigenvalue weighted by Gasteiger charge is -2.36. The van der Waals surface area contributed by atoms with Gasteiger partial charge in [-0.25, -0.2) is 4.39 Å². The van der Waals surface area contributed by atoms with Gasteiger partial charge >= 0.3 is 5.97 Å². The zero-order chi connectivity index (χ0) is 20.3. The predicted molar refractivity (Wildman–Crippen MR) is 108 cm³/mol. The molecular weight excluding hydrogens is 429 g/mol. The summed E-state index contributed by atoms with van der Waals surface area (Å²) in [5.74, 6) is -1.59. The number of aliphatic imine (C=N–C) groups is 1. The summed E-state index contributed by atoms with van der Waals surface area (Å²) in [4.78, 5) is 17.3. The smallest absolute Gasteiger partial charge is 0.318 e. The summed E-state index contributed by atoms with van der Waals surface area (Å²) in [6.45, 7) is 5.21. The van der Waals surface area contributed by atoms with E-state index in [1.165, 1.54) is 19.2 Å². The molecular formula is C21H27BrFNO4. The summed E-state index contributed by atoms with van der Waals surface area (Å²) in [5, 5.41) is 0. The van der Waals surface area contributed by atoms with Gasteiger partial charge < -0.3 is 14.2 Å². The molecule has 1 spiro atoms. The minimum atomic E-state index is -0.742. The van der Waals surface area contributed by atoms with Crippen LogP contribution in [0.2, 0.25) is 0 Å². The van der Waals surface area contributed by atoms with Crippen molar-refractivity contribution in [3.05, 3.63) is 34.1 Å². The number of halogens is 2. The highest BCUT2D eigenvalue weighted by Crippen LogP contribution is 2.40. The first-order valence-electron chi connectivity index (χ1n) is 9.70. The van der Waals surface area contributed by atoms with Crippen molar-refractivity contribution in [2.75, 3.05) is 20.3 Å². The molecule has 0 N–H and O–H groups in total. The fourth-order valence-electron chi connectivity index (χ4n) is 4.23. The van der Waals surface area contributed by atoms with Crippen molar-refractivity contribution in [3.8, 4) is 0 Å². The zero-order valence-corrected chi connectivity index (χ0v) is 18.1. The van der Waals surface area contributed by atoms with E-state index in [2.05, 4.69) is 22.9 Å². The summed E-state index contributed by atoms with van der Waals surface area (Å²) in [6.07, 6.45) is 3.66. The van der Waals surface area contributed by atoms with Crippen LogP contribution in [0.4, 0.5) is 4.39 Å². The minimum absolute atomic E-state index is 0.0400. The minimum Gasteiger partial charge on any atom is -0.468 e. The molecule has 1 aromatic carbocycles. The van der Waals surface area contributed by atoms with E-state index in [1.807, 2.05) is 6.92 Å². The molecule has 7 heteroatoms. The van der Waals surface area contributed by atoms with Gasteiger partial charge in [0.05, 0.1) is 20.3 Å². The Morgan fingerprint density at radius 2 is 1.96 bits per heavy atom. The first kappa shape index (κ1) is 21.4. The summed E-state index contributed by atoms with van der Waals surface area (Å²) in [7, 11) is 1.33. The highest BCUT2D eigenvalue weighted by Gasteiger charge is 2.41. The van der Waals surface area contributed by atoms with Crippen molar-refractivity contribution < 1.29 is 23.4 Å². The number of methoxy groups -OCH3 is 1. The maximum absolute atomic E-state index is 13.8. The van der Waals surface area contributed by atoms with E-state index in [4.69, 9.17) is 19.2 Å². The standard InChI is InChI=1S/C21H27BrFNO4/c1-13(15-6-8-21(9-7-15)27-10-11-28-21)24-14(2)19(20(25)26-3)17-12-16(23)4-5-18(17)22/h4-5,12-13,15,19H,6-11H2,1-3H3/b24-14-/t13-,19?/m1/s1. The van der Waals surface area contributed by atoms with Crippen LogP contribution in [0.15, 0.2) is 27.7 Å². The van der Waals surface area contributed by atoms with Gasteiger partial charge in [0.1, 0.15) is 11.7 Å². The van der Waals surface area contributed by atoms with Crippen molar-refractivity contribution in [1.82, 2.24) is 0 Å². The molecule has 2 aliphatic rings. The molecule has 2 fully saturated rings. The number of ether oxygens (including phenoxy) is 3. The SMILES string of the molecule is COC(=O)C(/C(C)=N\[C@H](C)C1CCC2(CC1)OCCO2)c1cc(F)ccc1Br. The molecule has 1 aliphatic heterocycles. The Hall–Kier alpha value is -1.31. The average molecular weight is 456 g/mol. The van der Waals surface area contributed by atoms with Gasteiger partial charge in [-0.3, -0.25) is 9.79 Å². The van der Waals surface area contributed by atoms with E-state index in [9.17, 15) is 9.18 Å². The molecule has 0 amide bonds. The molecule has 1 unspecified atom stereocenters. The topological polar surface area (TPSA) is 57.1 Å². The molecule has 0 bridgehead atoms. The second-order valence-corrected chi connectivity index (χ2v) is 8.43. The third kappa shape index (κ3) is 4.63. The lowest BCUT2D eigenvalue weighted by molar-refractivity contribution is -0.183. The van der Waals surface area contributed by atoms with Crippen molar-refractivity contribution >= 4 is 27.6 Å². The summed E-state index contributed by atoms with van der Waals surface area (Å²) in [5.41, 5.74) is 1.15. The Labute approximate surface area is 173 Å². The Morgan fingerprint density at radius 1 is 1.32 bits per heavy atom. The van der Waals surface area contributed by atoms with Crippen LogP contribution in [0.3, 0.4) is 0 Å². The number of benzene rings is 1. The van der Waals surface area contributed by atoms with Gasteiger partial charge in [-0.05, 0) is 56.4 Å². The largest absolute Gasteiger partial charge is 0.468 e. The van der Waals surface area contributed by atoms with Crippen molar-refractivity contribution in [2.24, 2.45) is 10.9 Å². The van der Waals surface area contributed by atoms with Gasteiger partial charge in [-0.1, -0.05) is 15.9 Å². The van der Waals surface area contributed by atoms with Crippen molar-refractivity contribution in [2.45, 2.75) is 57.3 Å². The molecule has 5 nitrogen and oxygen atoms in total. The summed E-state index contributed by atoms with van der Waals surface area (Å²) in [6, 6.07) is 4.34. The lowest BCUT2D eigenvalue weighted by atomic mass is 9.81. The second-order valence-electron chi connectivity index (χ2n) is 7.58. The van der Waals surface area contributed by atoms with Gasteiger partial charge in [-0.15, -0.1) is 0 Å². The normalized spacial score (nSPS) is 22.2.